The lowest BCUT2D eigenvalue weighted by Crippen LogP contribution is -2.31. The molecule has 0 atom stereocenters. The first kappa shape index (κ1) is 17.7. The Morgan fingerprint density at radius 3 is 2.57 bits per heavy atom. The van der Waals surface area contributed by atoms with Gasteiger partial charge in [0.2, 0.25) is 0 Å². The van der Waals surface area contributed by atoms with E-state index in [1.807, 2.05) is 30.3 Å². The number of fused-ring (bicyclic) bond motifs is 1. The molecule has 0 saturated carbocycles. The van der Waals surface area contributed by atoms with Crippen molar-refractivity contribution in [1.29, 1.82) is 0 Å². The van der Waals surface area contributed by atoms with E-state index in [4.69, 9.17) is 4.74 Å². The molecule has 1 N–H and O–H groups in total. The van der Waals surface area contributed by atoms with Crippen LogP contribution >= 0.6 is 0 Å². The third kappa shape index (κ3) is 3.44. The molecule has 4 aromatic rings. The number of nitrogens with one attached hydrogen (secondary N) is 1. The van der Waals surface area contributed by atoms with Gasteiger partial charge in [0, 0.05) is 5.56 Å². The summed E-state index contributed by atoms with van der Waals surface area (Å²) in [5, 5.41) is 0.506. The number of benzene rings is 3. The van der Waals surface area contributed by atoms with Gasteiger partial charge in [-0.3, -0.25) is 4.79 Å². The molecule has 0 bridgehead atoms. The second kappa shape index (κ2) is 7.52. The Balaban J connectivity index is 1.81. The molecule has 0 spiro atoms. The molecule has 3 aromatic carbocycles. The minimum Gasteiger partial charge on any atom is -0.497 e. The Bertz CT molecular complexity index is 1190. The molecule has 140 valence electrons. The number of halogens is 1. The maximum Gasteiger partial charge on any atom is 0.280 e. The van der Waals surface area contributed by atoms with Crippen LogP contribution in [0.4, 0.5) is 4.39 Å². The fourth-order valence-corrected chi connectivity index (χ4v) is 3.03. The molecule has 1 heterocycles. The standard InChI is InChI=1S/C22H18FN3O2/c1-28-18-11-9-16(10-12-18)21-25-20-8-3-2-7-19(20)22(27)26(21)24-14-15-5-4-6-17(23)13-15/h2-13,24H,14H2,1H3. The van der Waals surface area contributed by atoms with Gasteiger partial charge in [-0.2, -0.15) is 0 Å². The minimum atomic E-state index is -0.321. The third-order valence-corrected chi connectivity index (χ3v) is 4.45. The highest BCUT2D eigenvalue weighted by Gasteiger charge is 2.13. The fraction of sp³-hybridized carbons (Fsp3) is 0.0909. The van der Waals surface area contributed by atoms with Crippen molar-refractivity contribution in [2.75, 3.05) is 12.5 Å². The van der Waals surface area contributed by atoms with Crippen molar-refractivity contribution in [3.05, 3.63) is 94.5 Å². The van der Waals surface area contributed by atoms with Crippen LogP contribution in [0, 0.1) is 5.82 Å². The number of hydrogen-bond donors (Lipinski definition) is 1. The molecule has 4 rings (SSSR count). The van der Waals surface area contributed by atoms with Crippen molar-refractivity contribution >= 4 is 10.9 Å². The van der Waals surface area contributed by atoms with E-state index in [2.05, 4.69) is 10.4 Å². The van der Waals surface area contributed by atoms with Gasteiger partial charge in [-0.25, -0.2) is 14.1 Å². The fourth-order valence-electron chi connectivity index (χ4n) is 3.03. The zero-order valence-corrected chi connectivity index (χ0v) is 15.2. The van der Waals surface area contributed by atoms with E-state index in [-0.39, 0.29) is 17.9 Å². The molecule has 5 nitrogen and oxygen atoms in total. The highest BCUT2D eigenvalue weighted by molar-refractivity contribution is 5.79. The SMILES string of the molecule is COc1ccc(-c2nc3ccccc3c(=O)n2NCc2cccc(F)c2)cc1. The topological polar surface area (TPSA) is 56.1 Å². The van der Waals surface area contributed by atoms with Crippen molar-refractivity contribution < 1.29 is 9.13 Å². The lowest BCUT2D eigenvalue weighted by Gasteiger charge is -2.16. The van der Waals surface area contributed by atoms with Gasteiger partial charge in [-0.1, -0.05) is 24.3 Å². The highest BCUT2D eigenvalue weighted by Crippen LogP contribution is 2.21. The first-order valence-corrected chi connectivity index (χ1v) is 8.80. The number of aromatic nitrogens is 2. The van der Waals surface area contributed by atoms with Gasteiger partial charge < -0.3 is 10.2 Å². The molecule has 28 heavy (non-hydrogen) atoms. The second-order valence-electron chi connectivity index (χ2n) is 6.29. The summed E-state index contributed by atoms with van der Waals surface area (Å²) in [7, 11) is 1.60. The van der Waals surface area contributed by atoms with Gasteiger partial charge in [0.1, 0.15) is 11.6 Å². The summed E-state index contributed by atoms with van der Waals surface area (Å²) < 4.78 is 20.1. The normalized spacial score (nSPS) is 10.8. The van der Waals surface area contributed by atoms with E-state index in [0.29, 0.717) is 22.5 Å². The van der Waals surface area contributed by atoms with Gasteiger partial charge in [-0.05, 0) is 54.1 Å². The van der Waals surface area contributed by atoms with Crippen LogP contribution in [-0.4, -0.2) is 16.8 Å². The van der Waals surface area contributed by atoms with E-state index in [0.717, 1.165) is 11.1 Å². The molecule has 0 radical (unpaired) electrons. The van der Waals surface area contributed by atoms with Crippen LogP contribution in [0.1, 0.15) is 5.56 Å². The molecule has 0 saturated heterocycles. The third-order valence-electron chi connectivity index (χ3n) is 4.45. The average Bonchev–Trinajstić information content (AvgIpc) is 2.73. The van der Waals surface area contributed by atoms with Crippen LogP contribution in [0.15, 0.2) is 77.6 Å². The number of para-hydroxylation sites is 1. The summed E-state index contributed by atoms with van der Waals surface area (Å²) in [4.78, 5) is 17.8. The summed E-state index contributed by atoms with van der Waals surface area (Å²) >= 11 is 0. The predicted molar refractivity (Wildman–Crippen MR) is 107 cm³/mol. The van der Waals surface area contributed by atoms with E-state index < -0.39 is 0 Å². The largest absolute Gasteiger partial charge is 0.497 e. The molecular weight excluding hydrogens is 357 g/mol. The lowest BCUT2D eigenvalue weighted by atomic mass is 10.2. The summed E-state index contributed by atoms with van der Waals surface area (Å²) in [6, 6.07) is 20.7. The van der Waals surface area contributed by atoms with Crippen LogP contribution in [-0.2, 0) is 6.54 Å². The van der Waals surface area contributed by atoms with E-state index in [1.165, 1.54) is 16.8 Å². The van der Waals surface area contributed by atoms with Gasteiger partial charge in [0.05, 0.1) is 24.6 Å². The van der Waals surface area contributed by atoms with Crippen LogP contribution in [0.25, 0.3) is 22.3 Å². The lowest BCUT2D eigenvalue weighted by molar-refractivity contribution is 0.415. The molecule has 0 amide bonds. The number of rotatable bonds is 5. The zero-order chi connectivity index (χ0) is 19.5. The van der Waals surface area contributed by atoms with E-state index in [9.17, 15) is 9.18 Å². The van der Waals surface area contributed by atoms with Crippen molar-refractivity contribution in [2.45, 2.75) is 6.54 Å². The smallest absolute Gasteiger partial charge is 0.280 e. The average molecular weight is 375 g/mol. The highest BCUT2D eigenvalue weighted by atomic mass is 19.1. The number of ether oxygens (including phenoxy) is 1. The maximum absolute atomic E-state index is 13.5. The molecule has 0 aliphatic carbocycles. The van der Waals surface area contributed by atoms with Crippen LogP contribution < -0.4 is 15.7 Å². The Morgan fingerprint density at radius 2 is 1.82 bits per heavy atom. The van der Waals surface area contributed by atoms with Gasteiger partial charge in [-0.15, -0.1) is 0 Å². The van der Waals surface area contributed by atoms with Crippen molar-refractivity contribution in [1.82, 2.24) is 9.66 Å². The van der Waals surface area contributed by atoms with Gasteiger partial charge >= 0.3 is 0 Å². The van der Waals surface area contributed by atoms with Gasteiger partial charge in [0.25, 0.3) is 5.56 Å². The number of nitrogens with zero attached hydrogens (tertiary/aromatic N) is 2. The van der Waals surface area contributed by atoms with Gasteiger partial charge in [0.15, 0.2) is 5.82 Å². The Labute approximate surface area is 161 Å². The minimum absolute atomic E-state index is 0.215. The summed E-state index contributed by atoms with van der Waals surface area (Å²) in [6.07, 6.45) is 0. The molecule has 0 unspecified atom stereocenters. The first-order valence-electron chi connectivity index (χ1n) is 8.80. The zero-order valence-electron chi connectivity index (χ0n) is 15.2. The van der Waals surface area contributed by atoms with Crippen LogP contribution in [0.3, 0.4) is 0 Å². The summed E-state index contributed by atoms with van der Waals surface area (Å²) in [6.45, 7) is 0.279. The number of methoxy groups -OCH3 is 1. The molecule has 1 aromatic heterocycles. The Morgan fingerprint density at radius 1 is 1.04 bits per heavy atom. The Hall–Kier alpha value is -3.67. The first-order chi connectivity index (χ1) is 13.7. The van der Waals surface area contributed by atoms with E-state index >= 15 is 0 Å². The number of hydrogen-bond acceptors (Lipinski definition) is 4. The maximum atomic E-state index is 13.5. The van der Waals surface area contributed by atoms with Crippen molar-refractivity contribution in [2.24, 2.45) is 0 Å². The quantitative estimate of drug-likeness (QED) is 0.574. The molecule has 0 fully saturated rings. The molecule has 0 aliphatic rings. The Kier molecular flexibility index (Phi) is 4.76. The predicted octanol–water partition coefficient (Wildman–Crippen LogP) is 3.95. The second-order valence-corrected chi connectivity index (χ2v) is 6.29. The molecular formula is C22H18FN3O2. The summed E-state index contributed by atoms with van der Waals surface area (Å²) in [5.41, 5.74) is 4.97. The molecule has 6 heteroatoms. The monoisotopic (exact) mass is 375 g/mol. The van der Waals surface area contributed by atoms with E-state index in [1.54, 1.807) is 37.4 Å². The van der Waals surface area contributed by atoms with Crippen molar-refractivity contribution in [3.8, 4) is 17.1 Å². The van der Waals surface area contributed by atoms with Crippen molar-refractivity contribution in [3.63, 3.8) is 0 Å². The van der Waals surface area contributed by atoms with Crippen LogP contribution in [0.2, 0.25) is 0 Å². The van der Waals surface area contributed by atoms with Crippen LogP contribution in [0.5, 0.6) is 5.75 Å². The summed E-state index contributed by atoms with van der Waals surface area (Å²) in [5.74, 6) is 0.868. The molecule has 0 aliphatic heterocycles.